The van der Waals surface area contributed by atoms with Crippen molar-refractivity contribution in [2.24, 2.45) is 5.92 Å². The Hall–Kier alpha value is -3.64. The maximum atomic E-state index is 13.1. The van der Waals surface area contributed by atoms with Crippen LogP contribution in [0.25, 0.3) is 11.0 Å². The van der Waals surface area contributed by atoms with Crippen LogP contribution < -0.4 is 10.1 Å². The SMILES string of the molecule is Cc1ccc2nc(CNC(=O)c3ccc4c(c3)Cc3cccc(c3)CN(CC3CC3)CCCCCO4)[nH]c2c1. The van der Waals surface area contributed by atoms with Gasteiger partial charge >= 0.3 is 0 Å². The quantitative estimate of drug-likeness (QED) is 0.329. The van der Waals surface area contributed by atoms with Crippen LogP contribution in [0.4, 0.5) is 0 Å². The number of H-pyrrole nitrogens is 1. The molecular formula is C33H38N4O2. The molecule has 202 valence electrons. The van der Waals surface area contributed by atoms with Crippen LogP contribution >= 0.6 is 0 Å². The third-order valence-electron chi connectivity index (χ3n) is 7.81. The lowest BCUT2D eigenvalue weighted by molar-refractivity contribution is 0.0950. The van der Waals surface area contributed by atoms with Gasteiger partial charge in [-0.25, -0.2) is 4.98 Å². The molecule has 39 heavy (non-hydrogen) atoms. The number of fused-ring (bicyclic) bond motifs is 4. The molecule has 6 rings (SSSR count). The molecular weight excluding hydrogens is 484 g/mol. The van der Waals surface area contributed by atoms with Crippen molar-refractivity contribution in [2.45, 2.75) is 58.5 Å². The second-order valence-corrected chi connectivity index (χ2v) is 11.3. The van der Waals surface area contributed by atoms with E-state index in [0.717, 1.165) is 60.0 Å². The minimum absolute atomic E-state index is 0.113. The van der Waals surface area contributed by atoms with E-state index in [-0.39, 0.29) is 5.91 Å². The molecule has 2 aliphatic rings. The molecule has 0 radical (unpaired) electrons. The molecule has 2 bridgehead atoms. The number of benzene rings is 3. The minimum Gasteiger partial charge on any atom is -0.493 e. The van der Waals surface area contributed by atoms with Crippen LogP contribution in [0.3, 0.4) is 0 Å². The largest absolute Gasteiger partial charge is 0.493 e. The lowest BCUT2D eigenvalue weighted by Crippen LogP contribution is -2.27. The van der Waals surface area contributed by atoms with E-state index in [9.17, 15) is 4.79 Å². The Bertz CT molecular complexity index is 1460. The smallest absolute Gasteiger partial charge is 0.251 e. The second kappa shape index (κ2) is 11.6. The van der Waals surface area contributed by atoms with Crippen molar-refractivity contribution in [3.8, 4) is 5.75 Å². The average molecular weight is 523 g/mol. The van der Waals surface area contributed by atoms with E-state index in [4.69, 9.17) is 4.74 Å². The van der Waals surface area contributed by atoms with Gasteiger partial charge < -0.3 is 15.0 Å². The van der Waals surface area contributed by atoms with E-state index >= 15 is 0 Å². The number of carbonyl (C=O) groups excluding carboxylic acids is 1. The summed E-state index contributed by atoms with van der Waals surface area (Å²) >= 11 is 0. The number of nitrogens with one attached hydrogen (secondary N) is 2. The number of aromatic nitrogens is 2. The molecule has 3 aromatic carbocycles. The summed E-state index contributed by atoms with van der Waals surface area (Å²) < 4.78 is 6.25. The Morgan fingerprint density at radius 3 is 2.85 bits per heavy atom. The lowest BCUT2D eigenvalue weighted by Gasteiger charge is -2.23. The maximum Gasteiger partial charge on any atom is 0.251 e. The van der Waals surface area contributed by atoms with Gasteiger partial charge in [0, 0.05) is 25.1 Å². The van der Waals surface area contributed by atoms with E-state index in [1.165, 1.54) is 48.9 Å². The van der Waals surface area contributed by atoms with Crippen molar-refractivity contribution in [1.82, 2.24) is 20.2 Å². The highest BCUT2D eigenvalue weighted by Gasteiger charge is 2.24. The van der Waals surface area contributed by atoms with Gasteiger partial charge in [0.1, 0.15) is 11.6 Å². The number of hydrogen-bond acceptors (Lipinski definition) is 4. The summed E-state index contributed by atoms with van der Waals surface area (Å²) in [6.45, 7) is 6.49. The first kappa shape index (κ1) is 25.6. The number of aryl methyl sites for hydroxylation is 1. The number of amides is 1. The highest BCUT2D eigenvalue weighted by molar-refractivity contribution is 5.94. The van der Waals surface area contributed by atoms with Crippen molar-refractivity contribution >= 4 is 16.9 Å². The van der Waals surface area contributed by atoms with Gasteiger partial charge in [0.05, 0.1) is 24.2 Å². The second-order valence-electron chi connectivity index (χ2n) is 11.3. The molecule has 4 aromatic rings. The summed E-state index contributed by atoms with van der Waals surface area (Å²) in [6, 6.07) is 20.8. The third kappa shape index (κ3) is 6.69. The van der Waals surface area contributed by atoms with Gasteiger partial charge in [-0.15, -0.1) is 0 Å². The Balaban J connectivity index is 1.19. The van der Waals surface area contributed by atoms with Gasteiger partial charge in [-0.05, 0) is 104 Å². The summed E-state index contributed by atoms with van der Waals surface area (Å²) in [5.41, 5.74) is 7.36. The molecule has 6 heteroatoms. The summed E-state index contributed by atoms with van der Waals surface area (Å²) in [5.74, 6) is 2.40. The number of carbonyl (C=O) groups is 1. The van der Waals surface area contributed by atoms with Crippen LogP contribution in [-0.2, 0) is 19.5 Å². The number of imidazole rings is 1. The molecule has 0 unspecified atom stereocenters. The van der Waals surface area contributed by atoms with Crippen molar-refractivity contribution in [2.75, 3.05) is 19.7 Å². The van der Waals surface area contributed by atoms with Crippen molar-refractivity contribution < 1.29 is 9.53 Å². The third-order valence-corrected chi connectivity index (χ3v) is 7.81. The number of ether oxygens (including phenoxy) is 1. The monoisotopic (exact) mass is 522 g/mol. The molecule has 2 heterocycles. The molecule has 1 saturated carbocycles. The minimum atomic E-state index is -0.113. The van der Waals surface area contributed by atoms with Crippen LogP contribution in [0.15, 0.2) is 60.7 Å². The van der Waals surface area contributed by atoms with Crippen molar-refractivity contribution in [3.63, 3.8) is 0 Å². The van der Waals surface area contributed by atoms with E-state index < -0.39 is 0 Å². The van der Waals surface area contributed by atoms with E-state index in [1.54, 1.807) is 0 Å². The van der Waals surface area contributed by atoms with Crippen LogP contribution in [0.5, 0.6) is 5.75 Å². The number of nitrogens with zero attached hydrogens (tertiary/aromatic N) is 2. The van der Waals surface area contributed by atoms with E-state index in [0.29, 0.717) is 18.7 Å². The predicted molar refractivity (Wildman–Crippen MR) is 155 cm³/mol. The van der Waals surface area contributed by atoms with Gasteiger partial charge in [0.25, 0.3) is 5.91 Å². The Labute approximate surface area is 230 Å². The first-order valence-corrected chi connectivity index (χ1v) is 14.4. The van der Waals surface area contributed by atoms with E-state index in [1.807, 2.05) is 30.3 Å². The summed E-state index contributed by atoms with van der Waals surface area (Å²) in [4.78, 5) is 23.7. The number of rotatable bonds is 5. The Kier molecular flexibility index (Phi) is 7.64. The summed E-state index contributed by atoms with van der Waals surface area (Å²) in [7, 11) is 0. The van der Waals surface area contributed by atoms with Crippen molar-refractivity contribution in [3.05, 3.63) is 94.3 Å². The maximum absolute atomic E-state index is 13.1. The topological polar surface area (TPSA) is 70.2 Å². The van der Waals surface area contributed by atoms with Crippen LogP contribution in [0.1, 0.15) is 70.5 Å². The zero-order valence-electron chi connectivity index (χ0n) is 22.8. The zero-order valence-corrected chi connectivity index (χ0v) is 22.8. The first-order valence-electron chi connectivity index (χ1n) is 14.4. The predicted octanol–water partition coefficient (Wildman–Crippen LogP) is 6.17. The summed E-state index contributed by atoms with van der Waals surface area (Å²) in [6.07, 6.45) is 6.91. The molecule has 0 saturated heterocycles. The standard InChI is InChI=1S/C33H38N4O2/c1-23-8-12-29-30(16-23)36-32(35-29)20-34-33(38)27-11-13-31-28(19-27)18-25-6-5-7-26(17-25)22-37(21-24-9-10-24)14-3-2-4-15-39-31/h5-8,11-13,16-17,19,24H,2-4,9-10,14-15,18,20-22H2,1H3,(H,34,38)(H,35,36). The first-order chi connectivity index (χ1) is 19.1. The fraction of sp³-hybridized carbons (Fsp3) is 0.394. The summed E-state index contributed by atoms with van der Waals surface area (Å²) in [5, 5.41) is 3.03. The van der Waals surface area contributed by atoms with Gasteiger partial charge in [0.15, 0.2) is 0 Å². The average Bonchev–Trinajstić information content (AvgIpc) is 3.65. The molecule has 0 atom stereocenters. The van der Waals surface area contributed by atoms with Crippen molar-refractivity contribution in [1.29, 1.82) is 0 Å². The molecule has 1 fully saturated rings. The van der Waals surface area contributed by atoms with Crippen LogP contribution in [0.2, 0.25) is 0 Å². The Morgan fingerprint density at radius 2 is 1.95 bits per heavy atom. The molecule has 1 amide bonds. The van der Waals surface area contributed by atoms with Gasteiger partial charge in [0.2, 0.25) is 0 Å². The molecule has 2 N–H and O–H groups in total. The molecule has 0 spiro atoms. The molecule has 6 nitrogen and oxygen atoms in total. The lowest BCUT2D eigenvalue weighted by atomic mass is 9.99. The van der Waals surface area contributed by atoms with Gasteiger partial charge in [-0.1, -0.05) is 30.3 Å². The van der Waals surface area contributed by atoms with E-state index in [2.05, 4.69) is 57.4 Å². The fourth-order valence-electron chi connectivity index (χ4n) is 5.54. The molecule has 1 aromatic heterocycles. The Morgan fingerprint density at radius 1 is 1.05 bits per heavy atom. The van der Waals surface area contributed by atoms with Crippen LogP contribution in [0, 0.1) is 12.8 Å². The highest BCUT2D eigenvalue weighted by Crippen LogP contribution is 2.31. The normalized spacial score (nSPS) is 16.7. The van der Waals surface area contributed by atoms with Gasteiger partial charge in [-0.3, -0.25) is 9.69 Å². The van der Waals surface area contributed by atoms with Crippen LogP contribution in [-0.4, -0.2) is 40.5 Å². The number of aromatic amines is 1. The molecule has 1 aliphatic carbocycles. The van der Waals surface area contributed by atoms with Gasteiger partial charge in [-0.2, -0.15) is 0 Å². The zero-order chi connectivity index (χ0) is 26.6. The fourth-order valence-corrected chi connectivity index (χ4v) is 5.54. The number of hydrogen-bond donors (Lipinski definition) is 2. The molecule has 1 aliphatic heterocycles. The highest BCUT2D eigenvalue weighted by atomic mass is 16.5.